The summed E-state index contributed by atoms with van der Waals surface area (Å²) in [5.74, 6) is 0.0253. The largest absolute Gasteiger partial charge is 0.490 e. The van der Waals surface area contributed by atoms with Gasteiger partial charge in [0.2, 0.25) is 5.82 Å². The highest BCUT2D eigenvalue weighted by atomic mass is 16.6. The molecular formula is C21H15N5O5. The zero-order valence-electron chi connectivity index (χ0n) is 16.2. The van der Waals surface area contributed by atoms with Crippen molar-refractivity contribution in [2.45, 2.75) is 0 Å². The van der Waals surface area contributed by atoms with E-state index in [0.29, 0.717) is 22.8 Å². The third-order valence-corrected chi connectivity index (χ3v) is 4.36. The van der Waals surface area contributed by atoms with Crippen LogP contribution in [0.2, 0.25) is 0 Å². The summed E-state index contributed by atoms with van der Waals surface area (Å²) < 4.78 is 10.3. The summed E-state index contributed by atoms with van der Waals surface area (Å²) in [4.78, 5) is 31.9. The molecule has 0 saturated carbocycles. The number of hydrogen-bond acceptors (Lipinski definition) is 8. The number of rotatable bonds is 6. The van der Waals surface area contributed by atoms with Crippen LogP contribution in [-0.4, -0.2) is 33.1 Å². The quantitative estimate of drug-likeness (QED) is 0.368. The van der Waals surface area contributed by atoms with E-state index in [2.05, 4.69) is 20.4 Å². The normalized spacial score (nSPS) is 10.5. The van der Waals surface area contributed by atoms with Gasteiger partial charge in [0.25, 0.3) is 11.8 Å². The van der Waals surface area contributed by atoms with Crippen molar-refractivity contribution in [1.29, 1.82) is 0 Å². The van der Waals surface area contributed by atoms with Gasteiger partial charge in [0.05, 0.1) is 23.3 Å². The number of nitro benzene ring substituents is 1. The van der Waals surface area contributed by atoms with Crippen molar-refractivity contribution in [3.8, 4) is 28.7 Å². The number of aromatic nitrogens is 3. The molecule has 2 aromatic heterocycles. The molecule has 154 valence electrons. The Morgan fingerprint density at radius 1 is 1.13 bits per heavy atom. The first-order valence-electron chi connectivity index (χ1n) is 9.05. The van der Waals surface area contributed by atoms with E-state index in [-0.39, 0.29) is 22.9 Å². The summed E-state index contributed by atoms with van der Waals surface area (Å²) >= 11 is 0. The van der Waals surface area contributed by atoms with Gasteiger partial charge in [-0.25, -0.2) is 0 Å². The smallest absolute Gasteiger partial charge is 0.311 e. The molecule has 4 rings (SSSR count). The van der Waals surface area contributed by atoms with Gasteiger partial charge in [0.1, 0.15) is 5.69 Å². The Kier molecular flexibility index (Phi) is 5.35. The van der Waals surface area contributed by atoms with Crippen molar-refractivity contribution >= 4 is 17.3 Å². The van der Waals surface area contributed by atoms with Crippen molar-refractivity contribution in [1.82, 2.24) is 15.1 Å². The molecule has 1 amide bonds. The lowest BCUT2D eigenvalue weighted by Crippen LogP contribution is -2.13. The van der Waals surface area contributed by atoms with Crippen LogP contribution in [0, 0.1) is 10.1 Å². The first kappa shape index (κ1) is 19.7. The molecule has 0 saturated heterocycles. The number of nitrogens with zero attached hydrogens (tertiary/aromatic N) is 4. The first-order valence-corrected chi connectivity index (χ1v) is 9.05. The molecule has 10 nitrogen and oxygen atoms in total. The van der Waals surface area contributed by atoms with Crippen molar-refractivity contribution in [2.75, 3.05) is 12.4 Å². The highest BCUT2D eigenvalue weighted by Gasteiger charge is 2.20. The lowest BCUT2D eigenvalue weighted by molar-refractivity contribution is -0.385. The van der Waals surface area contributed by atoms with Crippen LogP contribution in [0.1, 0.15) is 10.4 Å². The predicted octanol–water partition coefficient (Wildman–Crippen LogP) is 3.97. The molecule has 0 aliphatic carbocycles. The van der Waals surface area contributed by atoms with E-state index >= 15 is 0 Å². The number of anilines is 1. The molecule has 0 aliphatic rings. The molecule has 4 aromatic rings. The van der Waals surface area contributed by atoms with E-state index < -0.39 is 10.8 Å². The van der Waals surface area contributed by atoms with Crippen molar-refractivity contribution < 1.29 is 19.0 Å². The van der Waals surface area contributed by atoms with Gasteiger partial charge in [-0.2, -0.15) is 4.98 Å². The second-order valence-corrected chi connectivity index (χ2v) is 6.28. The summed E-state index contributed by atoms with van der Waals surface area (Å²) in [6.07, 6.45) is 1.62. The second-order valence-electron chi connectivity index (χ2n) is 6.28. The fraction of sp³-hybridized carbons (Fsp3) is 0.0476. The van der Waals surface area contributed by atoms with Crippen LogP contribution in [0.4, 0.5) is 11.4 Å². The van der Waals surface area contributed by atoms with Crippen LogP contribution < -0.4 is 10.1 Å². The van der Waals surface area contributed by atoms with Crippen molar-refractivity contribution in [2.24, 2.45) is 0 Å². The number of carbonyl (C=O) groups is 1. The van der Waals surface area contributed by atoms with E-state index in [1.54, 1.807) is 48.7 Å². The fourth-order valence-corrected chi connectivity index (χ4v) is 2.88. The highest BCUT2D eigenvalue weighted by Crippen LogP contribution is 2.30. The Morgan fingerprint density at radius 3 is 2.68 bits per heavy atom. The Labute approximate surface area is 175 Å². The summed E-state index contributed by atoms with van der Waals surface area (Å²) in [7, 11) is 1.32. The molecule has 0 atom stereocenters. The molecule has 2 heterocycles. The number of ether oxygens (including phenoxy) is 1. The number of methoxy groups -OCH3 is 1. The van der Waals surface area contributed by atoms with E-state index in [9.17, 15) is 14.9 Å². The average molecular weight is 417 g/mol. The molecule has 0 bridgehead atoms. The zero-order chi connectivity index (χ0) is 21.8. The topological polar surface area (TPSA) is 133 Å². The number of para-hydroxylation sites is 1. The fourth-order valence-electron chi connectivity index (χ4n) is 2.88. The number of carbonyl (C=O) groups excluding carboxylic acids is 1. The van der Waals surface area contributed by atoms with E-state index in [1.165, 1.54) is 19.2 Å². The molecule has 10 heteroatoms. The van der Waals surface area contributed by atoms with Gasteiger partial charge >= 0.3 is 5.69 Å². The Hall–Kier alpha value is -4.60. The Bertz CT molecular complexity index is 1260. The number of amides is 1. The number of pyridine rings is 1. The minimum absolute atomic E-state index is 0.0647. The lowest BCUT2D eigenvalue weighted by Gasteiger charge is -2.09. The van der Waals surface area contributed by atoms with Crippen LogP contribution in [0.15, 0.2) is 71.4 Å². The van der Waals surface area contributed by atoms with Gasteiger partial charge in [-0.15, -0.1) is 0 Å². The number of nitro groups is 1. The van der Waals surface area contributed by atoms with Gasteiger partial charge in [0, 0.05) is 17.8 Å². The monoisotopic (exact) mass is 417 g/mol. The minimum atomic E-state index is -0.610. The first-order chi connectivity index (χ1) is 15.1. The van der Waals surface area contributed by atoms with E-state index in [0.717, 1.165) is 6.07 Å². The molecule has 0 fully saturated rings. The Morgan fingerprint density at radius 2 is 1.94 bits per heavy atom. The third kappa shape index (κ3) is 4.08. The predicted molar refractivity (Wildman–Crippen MR) is 111 cm³/mol. The molecule has 2 aromatic carbocycles. The number of benzene rings is 2. The summed E-state index contributed by atoms with van der Waals surface area (Å²) in [6.45, 7) is 0. The molecule has 1 N–H and O–H groups in total. The zero-order valence-corrected chi connectivity index (χ0v) is 16.2. The van der Waals surface area contributed by atoms with E-state index in [4.69, 9.17) is 9.26 Å². The van der Waals surface area contributed by atoms with Gasteiger partial charge in [-0.1, -0.05) is 23.4 Å². The maximum Gasteiger partial charge on any atom is 0.311 e. The molecule has 0 unspecified atom stereocenters. The molecule has 0 aliphatic heterocycles. The second kappa shape index (κ2) is 8.41. The van der Waals surface area contributed by atoms with Gasteiger partial charge < -0.3 is 14.6 Å². The van der Waals surface area contributed by atoms with Gasteiger partial charge in [-0.3, -0.25) is 19.9 Å². The maximum absolute atomic E-state index is 12.7. The maximum atomic E-state index is 12.7. The van der Waals surface area contributed by atoms with Gasteiger partial charge in [-0.05, 0) is 36.4 Å². The molecule has 31 heavy (non-hydrogen) atoms. The summed E-state index contributed by atoms with van der Waals surface area (Å²) in [6, 6.07) is 16.2. The lowest BCUT2D eigenvalue weighted by atomic mass is 10.1. The molecule has 0 spiro atoms. The van der Waals surface area contributed by atoms with Crippen LogP contribution in [-0.2, 0) is 0 Å². The van der Waals surface area contributed by atoms with Gasteiger partial charge in [0.15, 0.2) is 5.75 Å². The minimum Gasteiger partial charge on any atom is -0.490 e. The van der Waals surface area contributed by atoms with Crippen molar-refractivity contribution in [3.05, 3.63) is 82.5 Å². The number of hydrogen-bond donors (Lipinski definition) is 1. The summed E-state index contributed by atoms with van der Waals surface area (Å²) in [5, 5.41) is 17.9. The highest BCUT2D eigenvalue weighted by molar-refractivity contribution is 6.06. The van der Waals surface area contributed by atoms with Crippen LogP contribution in [0.5, 0.6) is 5.75 Å². The van der Waals surface area contributed by atoms with Crippen LogP contribution in [0.25, 0.3) is 23.0 Å². The van der Waals surface area contributed by atoms with Crippen LogP contribution in [0.3, 0.4) is 0 Å². The third-order valence-electron chi connectivity index (χ3n) is 4.36. The standard InChI is InChI=1S/C21H15N5O5/c1-30-18-10-9-13(12-17(18)26(28)29)20(27)23-15-7-3-2-6-14(15)21-24-19(25-31-21)16-8-4-5-11-22-16/h2-12H,1H3,(H,23,27). The molecule has 0 radical (unpaired) electrons. The average Bonchev–Trinajstić information content (AvgIpc) is 3.29. The molecular weight excluding hydrogens is 402 g/mol. The summed E-state index contributed by atoms with van der Waals surface area (Å²) in [5.41, 5.74) is 1.24. The Balaban J connectivity index is 1.63. The van der Waals surface area contributed by atoms with E-state index in [1.807, 2.05) is 0 Å². The SMILES string of the molecule is COc1ccc(C(=O)Nc2ccccc2-c2nc(-c3ccccn3)no2)cc1[N+](=O)[O-]. The van der Waals surface area contributed by atoms with Crippen LogP contribution >= 0.6 is 0 Å². The van der Waals surface area contributed by atoms with Crippen molar-refractivity contribution in [3.63, 3.8) is 0 Å². The number of nitrogens with one attached hydrogen (secondary N) is 1.